The fraction of sp³-hybridized carbons (Fsp3) is 0.400. The van der Waals surface area contributed by atoms with Crippen LogP contribution in [0.5, 0.6) is 0 Å². The van der Waals surface area contributed by atoms with E-state index in [0.717, 1.165) is 24.6 Å². The van der Waals surface area contributed by atoms with Gasteiger partial charge in [-0.25, -0.2) is 4.99 Å². The van der Waals surface area contributed by atoms with Gasteiger partial charge in [0.25, 0.3) is 5.91 Å². The molecule has 1 atom stereocenters. The quantitative estimate of drug-likeness (QED) is 0.492. The smallest absolute Gasteiger partial charge is 0.251 e. The van der Waals surface area contributed by atoms with Gasteiger partial charge in [0, 0.05) is 25.2 Å². The zero-order chi connectivity index (χ0) is 18.8. The first-order valence-electron chi connectivity index (χ1n) is 9.05. The van der Waals surface area contributed by atoms with Crippen molar-refractivity contribution in [1.29, 1.82) is 0 Å². The van der Waals surface area contributed by atoms with Crippen LogP contribution in [0.15, 0.2) is 46.1 Å². The van der Waals surface area contributed by atoms with Gasteiger partial charge in [-0.1, -0.05) is 19.1 Å². The number of nitrogens with zero attached hydrogens (tertiary/aromatic N) is 1. The van der Waals surface area contributed by atoms with E-state index < -0.39 is 0 Å². The summed E-state index contributed by atoms with van der Waals surface area (Å²) in [6.45, 7) is 9.02. The van der Waals surface area contributed by atoms with E-state index in [-0.39, 0.29) is 5.91 Å². The van der Waals surface area contributed by atoms with Gasteiger partial charge in [0.2, 0.25) is 0 Å². The van der Waals surface area contributed by atoms with E-state index in [0.29, 0.717) is 24.6 Å². The second-order valence-electron chi connectivity index (χ2n) is 6.09. The number of guanidine groups is 1. The van der Waals surface area contributed by atoms with Gasteiger partial charge in [-0.3, -0.25) is 4.79 Å². The minimum Gasteiger partial charge on any atom is -0.357 e. The molecule has 26 heavy (non-hydrogen) atoms. The minimum atomic E-state index is -0.0417. The number of rotatable bonds is 8. The highest BCUT2D eigenvalue weighted by atomic mass is 32.1. The number of hydrogen-bond acceptors (Lipinski definition) is 3. The van der Waals surface area contributed by atoms with Crippen molar-refractivity contribution in [2.75, 3.05) is 19.6 Å². The maximum absolute atomic E-state index is 11.8. The van der Waals surface area contributed by atoms with Crippen molar-refractivity contribution in [2.45, 2.75) is 33.2 Å². The number of aliphatic imine (C=N–C) groups is 1. The van der Waals surface area contributed by atoms with Crippen LogP contribution in [-0.2, 0) is 6.54 Å². The van der Waals surface area contributed by atoms with Crippen molar-refractivity contribution in [3.8, 4) is 0 Å². The Morgan fingerprint density at radius 2 is 1.81 bits per heavy atom. The Bertz CT molecular complexity index is 695. The van der Waals surface area contributed by atoms with Crippen molar-refractivity contribution in [1.82, 2.24) is 16.0 Å². The maximum atomic E-state index is 11.8. The molecule has 0 radical (unpaired) electrons. The minimum absolute atomic E-state index is 0.0417. The van der Waals surface area contributed by atoms with Crippen LogP contribution in [-0.4, -0.2) is 31.5 Å². The lowest BCUT2D eigenvalue weighted by Crippen LogP contribution is -2.39. The molecule has 140 valence electrons. The Labute approximate surface area is 159 Å². The molecule has 1 aromatic carbocycles. The molecular weight excluding hydrogens is 344 g/mol. The van der Waals surface area contributed by atoms with E-state index in [2.05, 4.69) is 51.6 Å². The summed E-state index contributed by atoms with van der Waals surface area (Å²) in [6, 6.07) is 9.75. The van der Waals surface area contributed by atoms with Gasteiger partial charge in [-0.2, -0.15) is 11.3 Å². The third kappa shape index (κ3) is 6.19. The third-order valence-electron chi connectivity index (χ3n) is 4.01. The standard InChI is InChI=1S/C20H28N4OS/c1-4-21-19(25)17-8-6-16(7-9-17)13-24-20(22-5-2)23-12-15(3)18-10-11-26-14-18/h6-11,14-15H,4-5,12-13H2,1-3H3,(H,21,25)(H2,22,23,24). The fourth-order valence-electron chi connectivity index (χ4n) is 2.46. The van der Waals surface area contributed by atoms with Gasteiger partial charge in [0.15, 0.2) is 5.96 Å². The van der Waals surface area contributed by atoms with Crippen LogP contribution in [0.4, 0.5) is 0 Å². The first-order chi connectivity index (χ1) is 12.6. The summed E-state index contributed by atoms with van der Waals surface area (Å²) in [5, 5.41) is 13.8. The topological polar surface area (TPSA) is 65.5 Å². The van der Waals surface area contributed by atoms with Crippen molar-refractivity contribution in [2.24, 2.45) is 4.99 Å². The van der Waals surface area contributed by atoms with Gasteiger partial charge in [-0.15, -0.1) is 0 Å². The summed E-state index contributed by atoms with van der Waals surface area (Å²) in [6.07, 6.45) is 0. The molecule has 6 heteroatoms. The fourth-order valence-corrected chi connectivity index (χ4v) is 3.24. The molecular formula is C20H28N4OS. The van der Waals surface area contributed by atoms with Gasteiger partial charge >= 0.3 is 0 Å². The van der Waals surface area contributed by atoms with Gasteiger partial charge in [0.05, 0.1) is 6.54 Å². The number of carbonyl (C=O) groups is 1. The Morgan fingerprint density at radius 3 is 2.42 bits per heavy atom. The molecule has 2 aromatic rings. The summed E-state index contributed by atoms with van der Waals surface area (Å²) in [5.74, 6) is 1.20. The van der Waals surface area contributed by atoms with Crippen LogP contribution in [0.3, 0.4) is 0 Å². The van der Waals surface area contributed by atoms with Gasteiger partial charge in [0.1, 0.15) is 0 Å². The van der Waals surface area contributed by atoms with E-state index in [4.69, 9.17) is 0 Å². The molecule has 1 aromatic heterocycles. The molecule has 3 N–H and O–H groups in total. The predicted octanol–water partition coefficient (Wildman–Crippen LogP) is 3.36. The lowest BCUT2D eigenvalue weighted by atomic mass is 10.1. The molecule has 0 aliphatic rings. The zero-order valence-corrected chi connectivity index (χ0v) is 16.5. The Hall–Kier alpha value is -2.34. The molecule has 5 nitrogen and oxygen atoms in total. The highest BCUT2D eigenvalue weighted by molar-refractivity contribution is 7.07. The molecule has 1 heterocycles. The molecule has 2 rings (SSSR count). The van der Waals surface area contributed by atoms with Crippen LogP contribution in [0, 0.1) is 0 Å². The predicted molar refractivity (Wildman–Crippen MR) is 110 cm³/mol. The number of thiophene rings is 1. The average molecular weight is 373 g/mol. The largest absolute Gasteiger partial charge is 0.357 e. The van der Waals surface area contributed by atoms with E-state index in [1.54, 1.807) is 11.3 Å². The molecule has 0 saturated heterocycles. The summed E-state index contributed by atoms with van der Waals surface area (Å²) in [4.78, 5) is 16.4. The van der Waals surface area contributed by atoms with Crippen molar-refractivity contribution < 1.29 is 4.79 Å². The summed E-state index contributed by atoms with van der Waals surface area (Å²) in [5.41, 5.74) is 3.09. The average Bonchev–Trinajstić information content (AvgIpc) is 3.19. The maximum Gasteiger partial charge on any atom is 0.251 e. The Kier molecular flexibility index (Phi) is 8.15. The SMILES string of the molecule is CCNC(=O)c1ccc(CN=C(NCC)NCC(C)c2ccsc2)cc1. The van der Waals surface area contributed by atoms with Crippen molar-refractivity contribution in [3.63, 3.8) is 0 Å². The summed E-state index contributed by atoms with van der Waals surface area (Å²) < 4.78 is 0. The number of hydrogen-bond donors (Lipinski definition) is 3. The third-order valence-corrected chi connectivity index (χ3v) is 4.71. The van der Waals surface area contributed by atoms with Crippen LogP contribution in [0.25, 0.3) is 0 Å². The van der Waals surface area contributed by atoms with Crippen LogP contribution < -0.4 is 16.0 Å². The molecule has 1 unspecified atom stereocenters. The molecule has 0 aliphatic carbocycles. The summed E-state index contributed by atoms with van der Waals surface area (Å²) >= 11 is 1.72. The second kappa shape index (κ2) is 10.6. The van der Waals surface area contributed by atoms with E-state index >= 15 is 0 Å². The normalized spacial score (nSPS) is 12.5. The number of nitrogens with one attached hydrogen (secondary N) is 3. The number of amides is 1. The first-order valence-corrected chi connectivity index (χ1v) is 9.99. The molecule has 1 amide bonds. The van der Waals surface area contributed by atoms with E-state index in [1.165, 1.54) is 5.56 Å². The van der Waals surface area contributed by atoms with Crippen LogP contribution >= 0.6 is 11.3 Å². The lowest BCUT2D eigenvalue weighted by Gasteiger charge is -2.15. The van der Waals surface area contributed by atoms with E-state index in [9.17, 15) is 4.79 Å². The van der Waals surface area contributed by atoms with Crippen molar-refractivity contribution >= 4 is 23.2 Å². The molecule has 0 spiro atoms. The van der Waals surface area contributed by atoms with Gasteiger partial charge in [-0.05, 0) is 59.9 Å². The van der Waals surface area contributed by atoms with Crippen LogP contribution in [0.2, 0.25) is 0 Å². The molecule has 0 fully saturated rings. The first kappa shape index (κ1) is 20.0. The van der Waals surface area contributed by atoms with Crippen molar-refractivity contribution in [3.05, 3.63) is 57.8 Å². The monoisotopic (exact) mass is 372 g/mol. The zero-order valence-electron chi connectivity index (χ0n) is 15.7. The molecule has 0 saturated carbocycles. The molecule has 0 aliphatic heterocycles. The number of carbonyl (C=O) groups excluding carboxylic acids is 1. The Balaban J connectivity index is 1.92. The summed E-state index contributed by atoms with van der Waals surface area (Å²) in [7, 11) is 0. The lowest BCUT2D eigenvalue weighted by molar-refractivity contribution is 0.0956. The Morgan fingerprint density at radius 1 is 1.08 bits per heavy atom. The van der Waals surface area contributed by atoms with E-state index in [1.807, 2.05) is 31.2 Å². The van der Waals surface area contributed by atoms with Gasteiger partial charge < -0.3 is 16.0 Å². The van der Waals surface area contributed by atoms with Crippen LogP contribution in [0.1, 0.15) is 48.2 Å². The highest BCUT2D eigenvalue weighted by Gasteiger charge is 2.07. The highest BCUT2D eigenvalue weighted by Crippen LogP contribution is 2.17. The second-order valence-corrected chi connectivity index (χ2v) is 6.87. The molecule has 0 bridgehead atoms. The number of benzene rings is 1.